The molecule has 1 unspecified atom stereocenters. The average molecular weight is 370 g/mol. The molecule has 0 aliphatic heterocycles. The zero-order chi connectivity index (χ0) is 19.3. The van der Waals surface area contributed by atoms with Crippen LogP contribution in [0.4, 0.5) is 0 Å². The highest BCUT2D eigenvalue weighted by Crippen LogP contribution is 2.19. The fraction of sp³-hybridized carbons (Fsp3) is 0.0909. The standard InChI is InChI=1S/C22H18N4O2/c27-20(14-26-15-24-18-11-5-4-10-17(18)22(26)28)25-21(16-8-2-1-3-9-16)19-12-6-7-13-23-19/h1-13,15,21H,14H2,(H,25,27). The van der Waals surface area contributed by atoms with Gasteiger partial charge in [-0.2, -0.15) is 0 Å². The Hall–Kier alpha value is -3.80. The molecule has 1 amide bonds. The van der Waals surface area contributed by atoms with Crippen molar-refractivity contribution in [3.63, 3.8) is 0 Å². The van der Waals surface area contributed by atoms with E-state index < -0.39 is 6.04 Å². The van der Waals surface area contributed by atoms with Crippen LogP contribution in [0.25, 0.3) is 10.9 Å². The van der Waals surface area contributed by atoms with Crippen LogP contribution in [0.2, 0.25) is 0 Å². The van der Waals surface area contributed by atoms with Gasteiger partial charge in [-0.3, -0.25) is 19.1 Å². The zero-order valence-corrected chi connectivity index (χ0v) is 15.0. The lowest BCUT2D eigenvalue weighted by Crippen LogP contribution is -2.35. The highest BCUT2D eigenvalue weighted by atomic mass is 16.2. The van der Waals surface area contributed by atoms with Gasteiger partial charge in [-0.05, 0) is 29.8 Å². The van der Waals surface area contributed by atoms with E-state index in [1.54, 1.807) is 24.4 Å². The summed E-state index contributed by atoms with van der Waals surface area (Å²) in [5, 5.41) is 3.47. The van der Waals surface area contributed by atoms with E-state index in [0.717, 1.165) is 11.3 Å². The number of hydrogen-bond donors (Lipinski definition) is 1. The molecular formula is C22H18N4O2. The fourth-order valence-corrected chi connectivity index (χ4v) is 3.10. The van der Waals surface area contributed by atoms with Crippen LogP contribution in [-0.4, -0.2) is 20.4 Å². The van der Waals surface area contributed by atoms with Crippen LogP contribution in [0, 0.1) is 0 Å². The minimum Gasteiger partial charge on any atom is -0.342 e. The molecule has 4 rings (SSSR count). The predicted molar refractivity (Wildman–Crippen MR) is 107 cm³/mol. The molecule has 2 aromatic carbocycles. The number of nitrogens with zero attached hydrogens (tertiary/aromatic N) is 3. The molecule has 0 fully saturated rings. The minimum absolute atomic E-state index is 0.118. The number of carbonyl (C=O) groups is 1. The molecule has 0 saturated heterocycles. The highest BCUT2D eigenvalue weighted by molar-refractivity contribution is 5.79. The number of amides is 1. The number of pyridine rings is 1. The molecule has 0 aliphatic rings. The molecule has 0 spiro atoms. The van der Waals surface area contributed by atoms with E-state index in [4.69, 9.17) is 0 Å². The maximum atomic E-state index is 12.7. The van der Waals surface area contributed by atoms with Crippen molar-refractivity contribution in [2.75, 3.05) is 0 Å². The van der Waals surface area contributed by atoms with Crippen molar-refractivity contribution in [1.29, 1.82) is 0 Å². The third-order valence-electron chi connectivity index (χ3n) is 4.47. The molecule has 138 valence electrons. The molecule has 2 aromatic heterocycles. The molecule has 1 atom stereocenters. The Bertz CT molecular complexity index is 1120. The molecule has 6 heteroatoms. The van der Waals surface area contributed by atoms with Crippen LogP contribution < -0.4 is 10.9 Å². The van der Waals surface area contributed by atoms with Gasteiger partial charge in [0.25, 0.3) is 5.56 Å². The van der Waals surface area contributed by atoms with Crippen molar-refractivity contribution in [3.8, 4) is 0 Å². The van der Waals surface area contributed by atoms with Gasteiger partial charge >= 0.3 is 0 Å². The summed E-state index contributed by atoms with van der Waals surface area (Å²) in [7, 11) is 0. The fourth-order valence-electron chi connectivity index (χ4n) is 3.10. The van der Waals surface area contributed by atoms with E-state index in [-0.39, 0.29) is 18.0 Å². The van der Waals surface area contributed by atoms with Gasteiger partial charge in [0.1, 0.15) is 6.54 Å². The van der Waals surface area contributed by atoms with Gasteiger partial charge in [-0.1, -0.05) is 48.5 Å². The summed E-state index contributed by atoms with van der Waals surface area (Å²) in [5.74, 6) is -0.293. The Balaban J connectivity index is 1.60. The van der Waals surface area contributed by atoms with Crippen LogP contribution in [0.5, 0.6) is 0 Å². The first-order valence-corrected chi connectivity index (χ1v) is 8.92. The summed E-state index contributed by atoms with van der Waals surface area (Å²) in [6.45, 7) is -0.118. The number of rotatable bonds is 5. The van der Waals surface area contributed by atoms with Crippen LogP contribution in [0.3, 0.4) is 0 Å². The maximum absolute atomic E-state index is 12.7. The van der Waals surface area contributed by atoms with Crippen molar-refractivity contribution >= 4 is 16.8 Å². The third kappa shape index (κ3) is 3.66. The van der Waals surface area contributed by atoms with Gasteiger partial charge in [0.2, 0.25) is 5.91 Å². The number of fused-ring (bicyclic) bond motifs is 1. The van der Waals surface area contributed by atoms with E-state index in [9.17, 15) is 9.59 Å². The van der Waals surface area contributed by atoms with Gasteiger partial charge in [-0.25, -0.2) is 4.98 Å². The summed E-state index contributed by atoms with van der Waals surface area (Å²) in [6, 6.07) is 21.9. The second-order valence-corrected chi connectivity index (χ2v) is 6.36. The SMILES string of the molecule is O=C(Cn1cnc2ccccc2c1=O)NC(c1ccccc1)c1ccccn1. The van der Waals surface area contributed by atoms with Crippen molar-refractivity contribution < 1.29 is 4.79 Å². The normalized spacial score (nSPS) is 11.9. The number of nitrogens with one attached hydrogen (secondary N) is 1. The molecule has 1 N–H and O–H groups in total. The zero-order valence-electron chi connectivity index (χ0n) is 15.0. The van der Waals surface area contributed by atoms with Gasteiger partial charge in [-0.15, -0.1) is 0 Å². The molecule has 0 aliphatic carbocycles. The Labute approximate surface area is 161 Å². The number of benzene rings is 2. The molecule has 4 aromatic rings. The molecule has 6 nitrogen and oxygen atoms in total. The van der Waals surface area contributed by atoms with Crippen LogP contribution >= 0.6 is 0 Å². The predicted octanol–water partition coefficient (Wildman–Crippen LogP) is 2.70. The van der Waals surface area contributed by atoms with Gasteiger partial charge in [0.15, 0.2) is 0 Å². The topological polar surface area (TPSA) is 76.9 Å². The number of aromatic nitrogens is 3. The van der Waals surface area contributed by atoms with E-state index in [1.807, 2.05) is 54.6 Å². The molecule has 2 heterocycles. The number of carbonyl (C=O) groups excluding carboxylic acids is 1. The summed E-state index contributed by atoms with van der Waals surface area (Å²) in [5.41, 5.74) is 2.01. The van der Waals surface area contributed by atoms with E-state index in [2.05, 4.69) is 15.3 Å². The molecular weight excluding hydrogens is 352 g/mol. The summed E-state index contributed by atoms with van der Waals surface area (Å²) in [4.78, 5) is 34.0. The van der Waals surface area contributed by atoms with Gasteiger partial charge in [0, 0.05) is 6.20 Å². The maximum Gasteiger partial charge on any atom is 0.261 e. The number of hydrogen-bond acceptors (Lipinski definition) is 4. The van der Waals surface area contributed by atoms with E-state index in [0.29, 0.717) is 10.9 Å². The molecule has 0 saturated carbocycles. The van der Waals surface area contributed by atoms with Gasteiger partial charge in [0.05, 0.1) is 29.0 Å². The van der Waals surface area contributed by atoms with E-state index in [1.165, 1.54) is 10.9 Å². The highest BCUT2D eigenvalue weighted by Gasteiger charge is 2.18. The van der Waals surface area contributed by atoms with Crippen molar-refractivity contribution in [3.05, 3.63) is 107 Å². The molecule has 0 radical (unpaired) electrons. The lowest BCUT2D eigenvalue weighted by Gasteiger charge is -2.19. The van der Waals surface area contributed by atoms with E-state index >= 15 is 0 Å². The summed E-state index contributed by atoms with van der Waals surface area (Å²) < 4.78 is 1.32. The van der Waals surface area contributed by atoms with Crippen molar-refractivity contribution in [2.24, 2.45) is 0 Å². The molecule has 0 bridgehead atoms. The first-order chi connectivity index (χ1) is 13.7. The van der Waals surface area contributed by atoms with Crippen molar-refractivity contribution in [1.82, 2.24) is 19.9 Å². The Morgan fingerprint density at radius 2 is 1.68 bits per heavy atom. The van der Waals surface area contributed by atoms with Crippen LogP contribution in [-0.2, 0) is 11.3 Å². The summed E-state index contributed by atoms with van der Waals surface area (Å²) >= 11 is 0. The second kappa shape index (κ2) is 7.84. The van der Waals surface area contributed by atoms with Crippen LogP contribution in [0.1, 0.15) is 17.3 Å². The lowest BCUT2D eigenvalue weighted by atomic mass is 10.0. The summed E-state index contributed by atoms with van der Waals surface area (Å²) in [6.07, 6.45) is 3.09. The molecule has 28 heavy (non-hydrogen) atoms. The van der Waals surface area contributed by atoms with Crippen LogP contribution in [0.15, 0.2) is 90.1 Å². The minimum atomic E-state index is -0.404. The Morgan fingerprint density at radius 3 is 2.46 bits per heavy atom. The third-order valence-corrected chi connectivity index (χ3v) is 4.47. The Morgan fingerprint density at radius 1 is 0.929 bits per heavy atom. The monoisotopic (exact) mass is 370 g/mol. The average Bonchev–Trinajstić information content (AvgIpc) is 2.75. The smallest absolute Gasteiger partial charge is 0.261 e. The largest absolute Gasteiger partial charge is 0.342 e. The first-order valence-electron chi connectivity index (χ1n) is 8.92. The Kier molecular flexibility index (Phi) is 4.93. The number of para-hydroxylation sites is 1. The second-order valence-electron chi connectivity index (χ2n) is 6.36. The quantitative estimate of drug-likeness (QED) is 0.586. The van der Waals surface area contributed by atoms with Gasteiger partial charge < -0.3 is 5.32 Å². The van der Waals surface area contributed by atoms with Crippen molar-refractivity contribution in [2.45, 2.75) is 12.6 Å². The first kappa shape index (κ1) is 17.6. The lowest BCUT2D eigenvalue weighted by molar-refractivity contribution is -0.122.